The second-order valence-electron chi connectivity index (χ2n) is 4.91. The normalized spacial score (nSPS) is 17.5. The predicted octanol–water partition coefficient (Wildman–Crippen LogP) is 4.88. The SMILES string of the molecule is Clc1ccc2c(c1)CCC2NCc1ccccc1Br. The zero-order valence-corrected chi connectivity index (χ0v) is 12.8. The van der Waals surface area contributed by atoms with Crippen molar-refractivity contribution >= 4 is 27.5 Å². The summed E-state index contributed by atoms with van der Waals surface area (Å²) in [5, 5.41) is 4.48. The zero-order chi connectivity index (χ0) is 13.2. The van der Waals surface area contributed by atoms with Crippen LogP contribution in [0.3, 0.4) is 0 Å². The molecule has 2 aromatic rings. The van der Waals surface area contributed by atoms with Crippen molar-refractivity contribution in [3.63, 3.8) is 0 Å². The molecule has 1 nitrogen and oxygen atoms in total. The molecule has 2 aromatic carbocycles. The summed E-state index contributed by atoms with van der Waals surface area (Å²) in [6.07, 6.45) is 2.27. The summed E-state index contributed by atoms with van der Waals surface area (Å²) in [4.78, 5) is 0. The number of halogens is 2. The van der Waals surface area contributed by atoms with E-state index in [1.54, 1.807) is 0 Å². The van der Waals surface area contributed by atoms with Crippen molar-refractivity contribution in [1.82, 2.24) is 5.32 Å². The van der Waals surface area contributed by atoms with Crippen molar-refractivity contribution in [2.75, 3.05) is 0 Å². The molecular weight excluding hydrogens is 322 g/mol. The molecule has 0 aliphatic heterocycles. The van der Waals surface area contributed by atoms with Gasteiger partial charge in [0.1, 0.15) is 0 Å². The average Bonchev–Trinajstić information content (AvgIpc) is 2.80. The Morgan fingerprint density at radius 1 is 1.21 bits per heavy atom. The lowest BCUT2D eigenvalue weighted by molar-refractivity contribution is 0.529. The van der Waals surface area contributed by atoms with Gasteiger partial charge in [-0.2, -0.15) is 0 Å². The average molecular weight is 337 g/mol. The van der Waals surface area contributed by atoms with Crippen molar-refractivity contribution in [2.24, 2.45) is 0 Å². The van der Waals surface area contributed by atoms with E-state index >= 15 is 0 Å². The number of benzene rings is 2. The standard InChI is InChI=1S/C16H15BrClN/c17-15-4-2-1-3-12(15)10-19-16-8-5-11-9-13(18)6-7-14(11)16/h1-4,6-7,9,16,19H,5,8,10H2. The molecule has 0 amide bonds. The highest BCUT2D eigenvalue weighted by molar-refractivity contribution is 9.10. The summed E-state index contributed by atoms with van der Waals surface area (Å²) in [5.41, 5.74) is 4.08. The third-order valence-corrected chi connectivity index (χ3v) is 4.69. The molecule has 1 unspecified atom stereocenters. The van der Waals surface area contributed by atoms with Crippen LogP contribution < -0.4 is 5.32 Å². The van der Waals surface area contributed by atoms with Crippen LogP contribution in [0.4, 0.5) is 0 Å². The first-order valence-corrected chi connectivity index (χ1v) is 7.66. The van der Waals surface area contributed by atoms with Crippen LogP contribution in [0.5, 0.6) is 0 Å². The third kappa shape index (κ3) is 2.86. The summed E-state index contributed by atoms with van der Waals surface area (Å²) in [6, 6.07) is 15.0. The van der Waals surface area contributed by atoms with Crippen molar-refractivity contribution < 1.29 is 0 Å². The van der Waals surface area contributed by atoms with Crippen molar-refractivity contribution in [3.05, 3.63) is 68.7 Å². The molecule has 0 aromatic heterocycles. The van der Waals surface area contributed by atoms with E-state index < -0.39 is 0 Å². The lowest BCUT2D eigenvalue weighted by atomic mass is 10.1. The van der Waals surface area contributed by atoms with E-state index in [2.05, 4.69) is 51.6 Å². The van der Waals surface area contributed by atoms with Crippen LogP contribution in [0.15, 0.2) is 46.9 Å². The highest BCUT2D eigenvalue weighted by atomic mass is 79.9. The second kappa shape index (κ2) is 5.66. The molecule has 1 aliphatic rings. The van der Waals surface area contributed by atoms with Crippen LogP contribution in [-0.2, 0) is 13.0 Å². The lowest BCUT2D eigenvalue weighted by Gasteiger charge is -2.15. The van der Waals surface area contributed by atoms with E-state index in [0.717, 1.165) is 28.9 Å². The molecule has 3 rings (SSSR count). The molecule has 1 N–H and O–H groups in total. The predicted molar refractivity (Wildman–Crippen MR) is 83.5 cm³/mol. The van der Waals surface area contributed by atoms with Gasteiger partial charge in [-0.15, -0.1) is 0 Å². The minimum atomic E-state index is 0.444. The number of nitrogens with one attached hydrogen (secondary N) is 1. The number of hydrogen-bond acceptors (Lipinski definition) is 1. The van der Waals surface area contributed by atoms with Gasteiger partial charge in [0, 0.05) is 22.1 Å². The molecule has 98 valence electrons. The third-order valence-electron chi connectivity index (χ3n) is 3.68. The number of hydrogen-bond donors (Lipinski definition) is 1. The van der Waals surface area contributed by atoms with E-state index in [9.17, 15) is 0 Å². The number of fused-ring (bicyclic) bond motifs is 1. The maximum Gasteiger partial charge on any atom is 0.0408 e. The molecule has 0 saturated heterocycles. The molecule has 0 radical (unpaired) electrons. The van der Waals surface area contributed by atoms with Gasteiger partial charge in [0.05, 0.1) is 0 Å². The molecular formula is C16H15BrClN. The quantitative estimate of drug-likeness (QED) is 0.842. The van der Waals surface area contributed by atoms with Gasteiger partial charge in [-0.05, 0) is 47.7 Å². The van der Waals surface area contributed by atoms with Crippen LogP contribution in [0.25, 0.3) is 0 Å². The summed E-state index contributed by atoms with van der Waals surface area (Å²) >= 11 is 9.63. The Morgan fingerprint density at radius 3 is 2.89 bits per heavy atom. The molecule has 3 heteroatoms. The van der Waals surface area contributed by atoms with Gasteiger partial charge < -0.3 is 5.32 Å². The Morgan fingerprint density at radius 2 is 2.05 bits per heavy atom. The molecule has 0 saturated carbocycles. The fourth-order valence-electron chi connectivity index (χ4n) is 2.67. The minimum Gasteiger partial charge on any atom is -0.306 e. The molecule has 1 aliphatic carbocycles. The van der Waals surface area contributed by atoms with Gasteiger partial charge in [0.15, 0.2) is 0 Å². The highest BCUT2D eigenvalue weighted by Gasteiger charge is 2.21. The van der Waals surface area contributed by atoms with Gasteiger partial charge in [0.25, 0.3) is 0 Å². The number of rotatable bonds is 3. The molecule has 0 heterocycles. The Labute approximate surface area is 127 Å². The highest BCUT2D eigenvalue weighted by Crippen LogP contribution is 2.33. The van der Waals surface area contributed by atoms with Crippen molar-refractivity contribution in [2.45, 2.75) is 25.4 Å². The molecule has 19 heavy (non-hydrogen) atoms. The van der Waals surface area contributed by atoms with Crippen LogP contribution in [-0.4, -0.2) is 0 Å². The van der Waals surface area contributed by atoms with Gasteiger partial charge in [-0.25, -0.2) is 0 Å². The smallest absolute Gasteiger partial charge is 0.0408 e. The maximum absolute atomic E-state index is 6.04. The first-order chi connectivity index (χ1) is 9.24. The zero-order valence-electron chi connectivity index (χ0n) is 10.5. The van der Waals surface area contributed by atoms with Crippen LogP contribution in [0, 0.1) is 0 Å². The minimum absolute atomic E-state index is 0.444. The first-order valence-electron chi connectivity index (χ1n) is 6.49. The fraction of sp³-hybridized carbons (Fsp3) is 0.250. The number of aryl methyl sites for hydroxylation is 1. The Bertz CT molecular complexity index is 597. The van der Waals surface area contributed by atoms with Gasteiger partial charge in [-0.1, -0.05) is 51.8 Å². The van der Waals surface area contributed by atoms with Crippen LogP contribution in [0.1, 0.15) is 29.2 Å². The Balaban J connectivity index is 1.72. The van der Waals surface area contributed by atoms with Crippen molar-refractivity contribution in [1.29, 1.82) is 0 Å². The molecule has 0 spiro atoms. The molecule has 0 fully saturated rings. The van der Waals surface area contributed by atoms with E-state index in [-0.39, 0.29) is 0 Å². The van der Waals surface area contributed by atoms with Crippen LogP contribution >= 0.6 is 27.5 Å². The van der Waals surface area contributed by atoms with Gasteiger partial charge >= 0.3 is 0 Å². The van der Waals surface area contributed by atoms with E-state index in [1.165, 1.54) is 16.7 Å². The topological polar surface area (TPSA) is 12.0 Å². The Kier molecular flexibility index (Phi) is 3.92. The lowest BCUT2D eigenvalue weighted by Crippen LogP contribution is -2.18. The van der Waals surface area contributed by atoms with Crippen LogP contribution in [0.2, 0.25) is 5.02 Å². The first kappa shape index (κ1) is 13.2. The van der Waals surface area contributed by atoms with Gasteiger partial charge in [0.2, 0.25) is 0 Å². The van der Waals surface area contributed by atoms with E-state index in [0.29, 0.717) is 6.04 Å². The molecule has 1 atom stereocenters. The summed E-state index contributed by atoms with van der Waals surface area (Å²) in [6.45, 7) is 0.883. The van der Waals surface area contributed by atoms with E-state index in [4.69, 9.17) is 11.6 Å². The summed E-state index contributed by atoms with van der Waals surface area (Å²) in [7, 11) is 0. The maximum atomic E-state index is 6.04. The largest absolute Gasteiger partial charge is 0.306 e. The van der Waals surface area contributed by atoms with E-state index in [1.807, 2.05) is 12.1 Å². The second-order valence-corrected chi connectivity index (χ2v) is 6.20. The Hall–Kier alpha value is -0.830. The fourth-order valence-corrected chi connectivity index (χ4v) is 3.29. The molecule has 0 bridgehead atoms. The van der Waals surface area contributed by atoms with Gasteiger partial charge in [-0.3, -0.25) is 0 Å². The summed E-state index contributed by atoms with van der Waals surface area (Å²) < 4.78 is 1.16. The van der Waals surface area contributed by atoms with Crippen molar-refractivity contribution in [3.8, 4) is 0 Å². The summed E-state index contributed by atoms with van der Waals surface area (Å²) in [5.74, 6) is 0. The monoisotopic (exact) mass is 335 g/mol.